The van der Waals surface area contributed by atoms with Crippen molar-refractivity contribution in [2.24, 2.45) is 0 Å². The van der Waals surface area contributed by atoms with Crippen molar-refractivity contribution in [2.75, 3.05) is 26.1 Å². The van der Waals surface area contributed by atoms with Crippen LogP contribution in [0.5, 0.6) is 0 Å². The third kappa shape index (κ3) is 2.20. The van der Waals surface area contributed by atoms with E-state index in [1.54, 1.807) is 0 Å². The van der Waals surface area contributed by atoms with Crippen molar-refractivity contribution in [1.82, 2.24) is 0 Å². The number of hydrogen-bond donors (Lipinski definition) is 1. The van der Waals surface area contributed by atoms with Crippen molar-refractivity contribution in [3.63, 3.8) is 0 Å². The summed E-state index contributed by atoms with van der Waals surface area (Å²) in [6, 6.07) is 7.60. The van der Waals surface area contributed by atoms with Gasteiger partial charge in [0.2, 0.25) is 0 Å². The predicted molar refractivity (Wildman–Crippen MR) is 52.7 cm³/mol. The molecule has 0 fully saturated rings. The Hall–Kier alpha value is -1.06. The van der Waals surface area contributed by atoms with Gasteiger partial charge in [0.1, 0.15) is 0 Å². The van der Waals surface area contributed by atoms with Gasteiger partial charge >= 0.3 is 0 Å². The highest BCUT2D eigenvalue weighted by atomic mass is 16.6. The van der Waals surface area contributed by atoms with Crippen molar-refractivity contribution in [3.8, 4) is 0 Å². The Morgan fingerprint density at radius 3 is 2.46 bits per heavy atom. The number of methoxy groups -OCH3 is 1. The van der Waals surface area contributed by atoms with Crippen LogP contribution in [0.15, 0.2) is 24.3 Å². The number of para-hydroxylation sites is 1. The summed E-state index contributed by atoms with van der Waals surface area (Å²) < 4.78 is 4.86. The van der Waals surface area contributed by atoms with Crippen LogP contribution in [-0.4, -0.2) is 26.3 Å². The van der Waals surface area contributed by atoms with E-state index in [9.17, 15) is 5.11 Å². The molecule has 0 spiro atoms. The maximum atomic E-state index is 9.51. The summed E-state index contributed by atoms with van der Waals surface area (Å²) in [6.07, 6.45) is -0.849. The highest BCUT2D eigenvalue weighted by Gasteiger charge is 2.11. The van der Waals surface area contributed by atoms with Crippen LogP contribution in [0.4, 0.5) is 5.69 Å². The molecule has 1 aromatic carbocycles. The number of nitrogens with zero attached hydrogens (tertiary/aromatic N) is 1. The molecule has 3 heteroatoms. The summed E-state index contributed by atoms with van der Waals surface area (Å²) in [7, 11) is 5.35. The lowest BCUT2D eigenvalue weighted by atomic mass is 10.1. The molecule has 1 N–H and O–H groups in total. The van der Waals surface area contributed by atoms with Gasteiger partial charge in [-0.3, -0.25) is 0 Å². The van der Waals surface area contributed by atoms with Gasteiger partial charge in [0, 0.05) is 32.5 Å². The van der Waals surface area contributed by atoms with Gasteiger partial charge in [0.25, 0.3) is 0 Å². The molecule has 1 aromatic rings. The number of rotatable bonds is 3. The van der Waals surface area contributed by atoms with E-state index >= 15 is 0 Å². The van der Waals surface area contributed by atoms with Gasteiger partial charge in [-0.15, -0.1) is 0 Å². The number of benzene rings is 1. The van der Waals surface area contributed by atoms with Crippen molar-refractivity contribution >= 4 is 5.69 Å². The average Bonchev–Trinajstić information content (AvgIpc) is 2.16. The molecule has 0 aliphatic carbocycles. The SMILES string of the molecule is COC(O)c1ccccc1N(C)C. The summed E-state index contributed by atoms with van der Waals surface area (Å²) in [5, 5.41) is 9.51. The van der Waals surface area contributed by atoms with Crippen LogP contribution in [0.1, 0.15) is 11.9 Å². The zero-order chi connectivity index (χ0) is 9.84. The molecule has 0 amide bonds. The number of hydrogen-bond acceptors (Lipinski definition) is 3. The van der Waals surface area contributed by atoms with Crippen LogP contribution in [0.3, 0.4) is 0 Å². The summed E-state index contributed by atoms with van der Waals surface area (Å²) in [6.45, 7) is 0. The Bertz CT molecular complexity index is 273. The zero-order valence-corrected chi connectivity index (χ0v) is 8.19. The Kier molecular flexibility index (Phi) is 3.28. The molecule has 1 atom stereocenters. The molecule has 1 rings (SSSR count). The molecule has 0 heterocycles. The standard InChI is InChI=1S/C10H15NO2/c1-11(2)9-7-5-4-6-8(9)10(12)13-3/h4-7,10,12H,1-3H3. The minimum Gasteiger partial charge on any atom is -0.377 e. The van der Waals surface area contributed by atoms with Crippen molar-refractivity contribution < 1.29 is 9.84 Å². The third-order valence-corrected chi connectivity index (χ3v) is 1.91. The van der Waals surface area contributed by atoms with Gasteiger partial charge in [0.15, 0.2) is 6.29 Å². The fourth-order valence-corrected chi connectivity index (χ4v) is 1.23. The second-order valence-corrected chi connectivity index (χ2v) is 3.04. The average molecular weight is 181 g/mol. The van der Waals surface area contributed by atoms with Gasteiger partial charge in [-0.05, 0) is 6.07 Å². The van der Waals surface area contributed by atoms with Crippen molar-refractivity contribution in [3.05, 3.63) is 29.8 Å². The first-order valence-electron chi connectivity index (χ1n) is 4.14. The zero-order valence-electron chi connectivity index (χ0n) is 8.19. The van der Waals surface area contributed by atoms with Gasteiger partial charge < -0.3 is 14.7 Å². The fraction of sp³-hybridized carbons (Fsp3) is 0.400. The molecule has 1 unspecified atom stereocenters. The first-order valence-corrected chi connectivity index (χ1v) is 4.14. The number of ether oxygens (including phenoxy) is 1. The van der Waals surface area contributed by atoms with Crippen LogP contribution in [0.25, 0.3) is 0 Å². The Labute approximate surface area is 78.6 Å². The minimum atomic E-state index is -0.849. The molecule has 0 radical (unpaired) electrons. The van der Waals surface area contributed by atoms with Crippen LogP contribution in [0.2, 0.25) is 0 Å². The van der Waals surface area contributed by atoms with E-state index in [4.69, 9.17) is 4.74 Å². The molecular formula is C10H15NO2. The molecule has 0 aliphatic rings. The molecule has 72 valence electrons. The largest absolute Gasteiger partial charge is 0.377 e. The number of anilines is 1. The van der Waals surface area contributed by atoms with Crippen LogP contribution in [-0.2, 0) is 4.74 Å². The summed E-state index contributed by atoms with van der Waals surface area (Å²) in [5.41, 5.74) is 1.76. The lowest BCUT2D eigenvalue weighted by Gasteiger charge is -2.19. The molecule has 13 heavy (non-hydrogen) atoms. The van der Waals surface area contributed by atoms with E-state index in [2.05, 4.69) is 0 Å². The van der Waals surface area contributed by atoms with Crippen LogP contribution >= 0.6 is 0 Å². The van der Waals surface area contributed by atoms with Gasteiger partial charge in [0.05, 0.1) is 0 Å². The molecule has 3 nitrogen and oxygen atoms in total. The lowest BCUT2D eigenvalue weighted by molar-refractivity contribution is -0.0765. The smallest absolute Gasteiger partial charge is 0.182 e. The van der Waals surface area contributed by atoms with Crippen LogP contribution < -0.4 is 4.90 Å². The fourth-order valence-electron chi connectivity index (χ4n) is 1.23. The van der Waals surface area contributed by atoms with E-state index < -0.39 is 6.29 Å². The summed E-state index contributed by atoms with van der Waals surface area (Å²) in [5.74, 6) is 0. The highest BCUT2D eigenvalue weighted by Crippen LogP contribution is 2.24. The Morgan fingerprint density at radius 2 is 1.92 bits per heavy atom. The van der Waals surface area contributed by atoms with Crippen LogP contribution in [0, 0.1) is 0 Å². The van der Waals surface area contributed by atoms with E-state index in [0.717, 1.165) is 11.3 Å². The topological polar surface area (TPSA) is 32.7 Å². The van der Waals surface area contributed by atoms with Crippen molar-refractivity contribution in [2.45, 2.75) is 6.29 Å². The van der Waals surface area contributed by atoms with Gasteiger partial charge in [-0.1, -0.05) is 18.2 Å². The van der Waals surface area contributed by atoms with E-state index in [-0.39, 0.29) is 0 Å². The second-order valence-electron chi connectivity index (χ2n) is 3.04. The van der Waals surface area contributed by atoms with Crippen molar-refractivity contribution in [1.29, 1.82) is 0 Å². The van der Waals surface area contributed by atoms with E-state index in [0.29, 0.717) is 0 Å². The summed E-state index contributed by atoms with van der Waals surface area (Å²) >= 11 is 0. The Morgan fingerprint density at radius 1 is 1.31 bits per heavy atom. The molecular weight excluding hydrogens is 166 g/mol. The second kappa shape index (κ2) is 4.25. The van der Waals surface area contributed by atoms with E-state index in [1.165, 1.54) is 7.11 Å². The quantitative estimate of drug-likeness (QED) is 0.715. The predicted octanol–water partition coefficient (Wildman–Crippen LogP) is 1.39. The summed E-state index contributed by atoms with van der Waals surface area (Å²) in [4.78, 5) is 1.94. The maximum absolute atomic E-state index is 9.51. The molecule has 0 saturated carbocycles. The Balaban J connectivity index is 3.04. The van der Waals surface area contributed by atoms with Gasteiger partial charge in [-0.25, -0.2) is 0 Å². The van der Waals surface area contributed by atoms with Gasteiger partial charge in [-0.2, -0.15) is 0 Å². The third-order valence-electron chi connectivity index (χ3n) is 1.91. The maximum Gasteiger partial charge on any atom is 0.182 e. The molecule has 0 saturated heterocycles. The molecule has 0 aliphatic heterocycles. The molecule has 0 aromatic heterocycles. The highest BCUT2D eigenvalue weighted by molar-refractivity contribution is 5.52. The minimum absolute atomic E-state index is 0.787. The normalized spacial score (nSPS) is 12.6. The first kappa shape index (κ1) is 10.0. The van der Waals surface area contributed by atoms with E-state index in [1.807, 2.05) is 43.3 Å². The molecule has 0 bridgehead atoms. The number of aliphatic hydroxyl groups is 1. The lowest BCUT2D eigenvalue weighted by Crippen LogP contribution is -2.13. The number of aliphatic hydroxyl groups excluding tert-OH is 1. The monoisotopic (exact) mass is 181 g/mol. The first-order chi connectivity index (χ1) is 6.16.